The first kappa shape index (κ1) is 17.8. The van der Waals surface area contributed by atoms with Crippen molar-refractivity contribution in [2.75, 3.05) is 6.61 Å². The molecule has 0 spiro atoms. The minimum atomic E-state index is -0.144. The summed E-state index contributed by atoms with van der Waals surface area (Å²) in [5.41, 5.74) is 2.44. The molecule has 0 heterocycles. The summed E-state index contributed by atoms with van der Waals surface area (Å²) in [5, 5.41) is 0. The SMILES string of the molecule is C=C[C@@]1(C)CC[C@H]2C(=CC[C@H]3[C@@](C)(COC(C)=O)CCC[C@]23C)C1. The largest absolute Gasteiger partial charge is 0.465 e. The van der Waals surface area contributed by atoms with Crippen LogP contribution in [0.5, 0.6) is 0 Å². The van der Waals surface area contributed by atoms with Gasteiger partial charge in [-0.2, -0.15) is 0 Å². The Morgan fingerprint density at radius 1 is 1.33 bits per heavy atom. The van der Waals surface area contributed by atoms with Crippen LogP contribution in [0.25, 0.3) is 0 Å². The molecule has 0 aromatic carbocycles. The average molecular weight is 331 g/mol. The predicted molar refractivity (Wildman–Crippen MR) is 98.5 cm³/mol. The van der Waals surface area contributed by atoms with Crippen LogP contribution < -0.4 is 0 Å². The van der Waals surface area contributed by atoms with Gasteiger partial charge in [-0.05, 0) is 61.2 Å². The van der Waals surface area contributed by atoms with E-state index in [1.54, 1.807) is 5.57 Å². The fourth-order valence-electron chi connectivity index (χ4n) is 6.18. The summed E-state index contributed by atoms with van der Waals surface area (Å²) in [6.07, 6.45) is 13.3. The van der Waals surface area contributed by atoms with Crippen molar-refractivity contribution < 1.29 is 9.53 Å². The zero-order valence-corrected chi connectivity index (χ0v) is 16.0. The average Bonchev–Trinajstić information content (AvgIpc) is 2.52. The van der Waals surface area contributed by atoms with Crippen molar-refractivity contribution >= 4 is 5.97 Å². The third-order valence-electron chi connectivity index (χ3n) is 7.67. The van der Waals surface area contributed by atoms with Crippen LogP contribution in [0, 0.1) is 28.1 Å². The highest BCUT2D eigenvalue weighted by molar-refractivity contribution is 5.65. The van der Waals surface area contributed by atoms with Crippen LogP contribution in [0.2, 0.25) is 0 Å². The normalized spacial score (nSPS) is 44.8. The zero-order chi connectivity index (χ0) is 17.6. The second-order valence-electron chi connectivity index (χ2n) is 9.49. The van der Waals surface area contributed by atoms with Crippen molar-refractivity contribution in [3.63, 3.8) is 0 Å². The summed E-state index contributed by atoms with van der Waals surface area (Å²) in [4.78, 5) is 11.4. The van der Waals surface area contributed by atoms with E-state index in [2.05, 4.69) is 39.5 Å². The molecule has 0 radical (unpaired) electrons. The topological polar surface area (TPSA) is 26.3 Å². The van der Waals surface area contributed by atoms with E-state index in [4.69, 9.17) is 4.74 Å². The molecule has 3 aliphatic carbocycles. The third kappa shape index (κ3) is 2.86. The van der Waals surface area contributed by atoms with Gasteiger partial charge in [0.25, 0.3) is 0 Å². The maximum absolute atomic E-state index is 11.4. The first-order chi connectivity index (χ1) is 11.2. The molecule has 0 N–H and O–H groups in total. The number of hydrogen-bond donors (Lipinski definition) is 0. The summed E-state index contributed by atoms with van der Waals surface area (Å²) >= 11 is 0. The standard InChI is InChI=1S/C22H34O2/c1-6-20(3)13-10-18-17(14-20)8-9-19-21(4,15-24-16(2)23)11-7-12-22(18,19)5/h6,8,18-19H,1,7,9-15H2,2-5H3/t18-,19-,20-,21+,22+/m0/s1. The molecule has 2 saturated carbocycles. The van der Waals surface area contributed by atoms with Crippen LogP contribution >= 0.6 is 0 Å². The fourth-order valence-corrected chi connectivity index (χ4v) is 6.18. The molecule has 0 amide bonds. The molecule has 0 aromatic heterocycles. The Morgan fingerprint density at radius 2 is 2.08 bits per heavy atom. The summed E-state index contributed by atoms with van der Waals surface area (Å²) in [6.45, 7) is 13.4. The van der Waals surface area contributed by atoms with Crippen LogP contribution in [-0.2, 0) is 9.53 Å². The van der Waals surface area contributed by atoms with Crippen LogP contribution in [-0.4, -0.2) is 12.6 Å². The zero-order valence-electron chi connectivity index (χ0n) is 16.0. The molecule has 0 saturated heterocycles. The lowest BCUT2D eigenvalue weighted by molar-refractivity contribution is -0.151. The highest BCUT2D eigenvalue weighted by Gasteiger charge is 2.55. The molecule has 24 heavy (non-hydrogen) atoms. The van der Waals surface area contributed by atoms with Crippen LogP contribution in [0.15, 0.2) is 24.3 Å². The van der Waals surface area contributed by atoms with Crippen molar-refractivity contribution in [3.8, 4) is 0 Å². The van der Waals surface area contributed by atoms with Gasteiger partial charge in [0.1, 0.15) is 0 Å². The summed E-state index contributed by atoms with van der Waals surface area (Å²) < 4.78 is 5.49. The van der Waals surface area contributed by atoms with Gasteiger partial charge in [-0.25, -0.2) is 0 Å². The lowest BCUT2D eigenvalue weighted by atomic mass is 9.45. The number of rotatable bonds is 3. The first-order valence-corrected chi connectivity index (χ1v) is 9.68. The summed E-state index contributed by atoms with van der Waals surface area (Å²) in [7, 11) is 0. The van der Waals surface area contributed by atoms with Crippen molar-refractivity contribution in [2.45, 2.75) is 72.6 Å². The van der Waals surface area contributed by atoms with E-state index in [0.29, 0.717) is 23.9 Å². The molecular weight excluding hydrogens is 296 g/mol. The number of carbonyl (C=O) groups excluding carboxylic acids is 1. The maximum atomic E-state index is 11.4. The number of esters is 1. The Hall–Kier alpha value is -1.05. The highest BCUT2D eigenvalue weighted by atomic mass is 16.5. The Morgan fingerprint density at radius 3 is 2.75 bits per heavy atom. The Kier molecular flexibility index (Phi) is 4.47. The molecule has 3 rings (SSSR count). The molecule has 0 bridgehead atoms. The molecule has 2 fully saturated rings. The quantitative estimate of drug-likeness (QED) is 0.491. The van der Waals surface area contributed by atoms with Crippen molar-refractivity contribution in [1.82, 2.24) is 0 Å². The van der Waals surface area contributed by atoms with E-state index in [-0.39, 0.29) is 16.8 Å². The molecule has 0 unspecified atom stereocenters. The summed E-state index contributed by atoms with van der Waals surface area (Å²) in [5.74, 6) is 1.19. The van der Waals surface area contributed by atoms with E-state index in [1.807, 2.05) is 0 Å². The molecule has 134 valence electrons. The van der Waals surface area contributed by atoms with E-state index in [1.165, 1.54) is 45.4 Å². The summed E-state index contributed by atoms with van der Waals surface area (Å²) in [6, 6.07) is 0. The van der Waals surface area contributed by atoms with Gasteiger partial charge in [-0.15, -0.1) is 6.58 Å². The molecule has 3 aliphatic rings. The lowest BCUT2D eigenvalue weighted by Crippen LogP contribution is -2.52. The second kappa shape index (κ2) is 6.04. The van der Waals surface area contributed by atoms with Crippen LogP contribution in [0.4, 0.5) is 0 Å². The minimum Gasteiger partial charge on any atom is -0.465 e. The Labute approximate surface area is 147 Å². The number of carbonyl (C=O) groups is 1. The Balaban J connectivity index is 1.88. The van der Waals surface area contributed by atoms with Crippen molar-refractivity contribution in [2.24, 2.45) is 28.1 Å². The van der Waals surface area contributed by atoms with Gasteiger partial charge in [0.05, 0.1) is 6.61 Å². The van der Waals surface area contributed by atoms with Gasteiger partial charge < -0.3 is 4.74 Å². The van der Waals surface area contributed by atoms with Gasteiger partial charge in [0, 0.05) is 12.3 Å². The Bertz CT molecular complexity index is 562. The van der Waals surface area contributed by atoms with Gasteiger partial charge in [-0.3, -0.25) is 4.79 Å². The van der Waals surface area contributed by atoms with Crippen LogP contribution in [0.1, 0.15) is 72.6 Å². The predicted octanol–water partition coefficient (Wildman–Crippen LogP) is 5.68. The van der Waals surface area contributed by atoms with E-state index in [0.717, 1.165) is 6.42 Å². The molecule has 0 aliphatic heterocycles. The second-order valence-corrected chi connectivity index (χ2v) is 9.49. The number of hydrogen-bond acceptors (Lipinski definition) is 2. The molecular formula is C22H34O2. The fraction of sp³-hybridized carbons (Fsp3) is 0.773. The molecule has 2 nitrogen and oxygen atoms in total. The number of fused-ring (bicyclic) bond motifs is 3. The third-order valence-corrected chi connectivity index (χ3v) is 7.67. The van der Waals surface area contributed by atoms with Crippen molar-refractivity contribution in [3.05, 3.63) is 24.3 Å². The molecule has 0 aromatic rings. The van der Waals surface area contributed by atoms with E-state index in [9.17, 15) is 4.79 Å². The molecule has 5 atom stereocenters. The van der Waals surface area contributed by atoms with Crippen molar-refractivity contribution in [1.29, 1.82) is 0 Å². The minimum absolute atomic E-state index is 0.125. The highest BCUT2D eigenvalue weighted by Crippen LogP contribution is 2.63. The van der Waals surface area contributed by atoms with Gasteiger partial charge in [0.2, 0.25) is 0 Å². The van der Waals surface area contributed by atoms with Gasteiger partial charge >= 0.3 is 5.97 Å². The first-order valence-electron chi connectivity index (χ1n) is 9.68. The van der Waals surface area contributed by atoms with Gasteiger partial charge in [0.15, 0.2) is 0 Å². The number of ether oxygens (including phenoxy) is 1. The molecule has 2 heteroatoms. The van der Waals surface area contributed by atoms with E-state index < -0.39 is 0 Å². The van der Waals surface area contributed by atoms with Gasteiger partial charge in [-0.1, -0.05) is 44.9 Å². The lowest BCUT2D eigenvalue weighted by Gasteiger charge is -2.59. The smallest absolute Gasteiger partial charge is 0.302 e. The van der Waals surface area contributed by atoms with Crippen LogP contribution in [0.3, 0.4) is 0 Å². The van der Waals surface area contributed by atoms with E-state index >= 15 is 0 Å². The number of allylic oxidation sites excluding steroid dienone is 3. The maximum Gasteiger partial charge on any atom is 0.302 e. The monoisotopic (exact) mass is 330 g/mol.